The topological polar surface area (TPSA) is 54.7 Å². The molecule has 1 fully saturated rings. The van der Waals surface area contributed by atoms with Crippen LogP contribution in [0.1, 0.15) is 43.6 Å². The molecule has 0 saturated heterocycles. The molecular formula is C15H19N3. The van der Waals surface area contributed by atoms with Crippen LogP contribution in [-0.2, 0) is 0 Å². The number of benzene rings is 1. The van der Waals surface area contributed by atoms with Gasteiger partial charge in [-0.1, -0.05) is 43.5 Å². The number of aromatic amines is 1. The molecule has 2 aromatic rings. The Bertz CT molecular complexity index is 524. The lowest BCUT2D eigenvalue weighted by Gasteiger charge is -2.24. The van der Waals surface area contributed by atoms with E-state index >= 15 is 0 Å². The van der Waals surface area contributed by atoms with Crippen LogP contribution in [0.3, 0.4) is 0 Å². The SMILES string of the molecule is Nc1[nH]ncc1-c1ccccc1C1CCCCC1. The van der Waals surface area contributed by atoms with Crippen molar-refractivity contribution in [3.05, 3.63) is 36.0 Å². The van der Waals surface area contributed by atoms with Crippen LogP contribution in [0.2, 0.25) is 0 Å². The Hall–Kier alpha value is -1.77. The van der Waals surface area contributed by atoms with Crippen LogP contribution in [0.5, 0.6) is 0 Å². The molecule has 94 valence electrons. The number of nitrogens with one attached hydrogen (secondary N) is 1. The van der Waals surface area contributed by atoms with Crippen molar-refractivity contribution in [1.29, 1.82) is 0 Å². The Balaban J connectivity index is 2.02. The van der Waals surface area contributed by atoms with Gasteiger partial charge in [0.15, 0.2) is 0 Å². The first-order valence-electron chi connectivity index (χ1n) is 6.74. The van der Waals surface area contributed by atoms with Gasteiger partial charge in [-0.3, -0.25) is 5.10 Å². The van der Waals surface area contributed by atoms with Crippen molar-refractivity contribution in [2.45, 2.75) is 38.0 Å². The Labute approximate surface area is 107 Å². The Morgan fingerprint density at radius 2 is 1.83 bits per heavy atom. The van der Waals surface area contributed by atoms with Gasteiger partial charge in [-0.05, 0) is 29.9 Å². The normalized spacial score (nSPS) is 16.9. The lowest BCUT2D eigenvalue weighted by atomic mass is 9.81. The third-order valence-corrected chi connectivity index (χ3v) is 3.96. The fraction of sp³-hybridized carbons (Fsp3) is 0.400. The van der Waals surface area contributed by atoms with E-state index in [0.717, 1.165) is 5.56 Å². The molecule has 0 radical (unpaired) electrons. The highest BCUT2D eigenvalue weighted by molar-refractivity contribution is 5.76. The molecule has 0 amide bonds. The maximum Gasteiger partial charge on any atom is 0.126 e. The van der Waals surface area contributed by atoms with Gasteiger partial charge < -0.3 is 5.73 Å². The van der Waals surface area contributed by atoms with Crippen molar-refractivity contribution in [2.24, 2.45) is 0 Å². The molecule has 1 aromatic heterocycles. The van der Waals surface area contributed by atoms with Crippen molar-refractivity contribution in [3.63, 3.8) is 0 Å². The number of rotatable bonds is 2. The molecule has 1 heterocycles. The first-order valence-corrected chi connectivity index (χ1v) is 6.74. The maximum absolute atomic E-state index is 5.95. The van der Waals surface area contributed by atoms with E-state index in [0.29, 0.717) is 11.7 Å². The van der Waals surface area contributed by atoms with Gasteiger partial charge in [0.25, 0.3) is 0 Å². The predicted octanol–water partition coefficient (Wildman–Crippen LogP) is 3.71. The number of anilines is 1. The van der Waals surface area contributed by atoms with Gasteiger partial charge >= 0.3 is 0 Å². The summed E-state index contributed by atoms with van der Waals surface area (Å²) in [7, 11) is 0. The summed E-state index contributed by atoms with van der Waals surface area (Å²) < 4.78 is 0. The van der Waals surface area contributed by atoms with E-state index in [1.165, 1.54) is 43.2 Å². The van der Waals surface area contributed by atoms with Crippen molar-refractivity contribution >= 4 is 5.82 Å². The second-order valence-corrected chi connectivity index (χ2v) is 5.12. The molecule has 18 heavy (non-hydrogen) atoms. The Morgan fingerprint density at radius 1 is 1.06 bits per heavy atom. The van der Waals surface area contributed by atoms with Crippen molar-refractivity contribution in [3.8, 4) is 11.1 Å². The molecule has 3 N–H and O–H groups in total. The summed E-state index contributed by atoms with van der Waals surface area (Å²) in [5.41, 5.74) is 9.67. The number of nitrogens with two attached hydrogens (primary N) is 1. The fourth-order valence-electron chi connectivity index (χ4n) is 3.02. The zero-order chi connectivity index (χ0) is 12.4. The molecular weight excluding hydrogens is 222 g/mol. The van der Waals surface area contributed by atoms with Gasteiger partial charge in [0.2, 0.25) is 0 Å². The van der Waals surface area contributed by atoms with Crippen LogP contribution < -0.4 is 5.73 Å². The summed E-state index contributed by atoms with van der Waals surface area (Å²) >= 11 is 0. The molecule has 1 aliphatic rings. The molecule has 3 heteroatoms. The van der Waals surface area contributed by atoms with Gasteiger partial charge in [-0.25, -0.2) is 0 Å². The van der Waals surface area contributed by atoms with E-state index in [9.17, 15) is 0 Å². The lowest BCUT2D eigenvalue weighted by molar-refractivity contribution is 0.444. The Morgan fingerprint density at radius 3 is 2.56 bits per heavy atom. The van der Waals surface area contributed by atoms with Crippen LogP contribution in [-0.4, -0.2) is 10.2 Å². The second kappa shape index (κ2) is 4.84. The quantitative estimate of drug-likeness (QED) is 0.842. The van der Waals surface area contributed by atoms with Crippen LogP contribution in [0, 0.1) is 0 Å². The highest BCUT2D eigenvalue weighted by Gasteiger charge is 2.19. The number of hydrogen-bond donors (Lipinski definition) is 2. The van der Waals surface area contributed by atoms with Gasteiger partial charge in [-0.15, -0.1) is 0 Å². The molecule has 1 aromatic carbocycles. The van der Waals surface area contributed by atoms with Crippen molar-refractivity contribution < 1.29 is 0 Å². The third-order valence-electron chi connectivity index (χ3n) is 3.96. The average molecular weight is 241 g/mol. The zero-order valence-electron chi connectivity index (χ0n) is 10.5. The zero-order valence-corrected chi connectivity index (χ0v) is 10.5. The highest BCUT2D eigenvalue weighted by Crippen LogP contribution is 2.38. The van der Waals surface area contributed by atoms with Crippen LogP contribution in [0.25, 0.3) is 11.1 Å². The highest BCUT2D eigenvalue weighted by atomic mass is 15.1. The van der Waals surface area contributed by atoms with Crippen molar-refractivity contribution in [2.75, 3.05) is 5.73 Å². The fourth-order valence-corrected chi connectivity index (χ4v) is 3.02. The molecule has 1 aliphatic carbocycles. The van der Waals surface area contributed by atoms with E-state index in [1.54, 1.807) is 0 Å². The molecule has 3 rings (SSSR count). The summed E-state index contributed by atoms with van der Waals surface area (Å²) in [5, 5.41) is 6.86. The molecule has 0 unspecified atom stereocenters. The first kappa shape index (κ1) is 11.3. The first-order chi connectivity index (χ1) is 8.86. The molecule has 0 atom stereocenters. The monoisotopic (exact) mass is 241 g/mol. The molecule has 0 bridgehead atoms. The number of nitrogen functional groups attached to an aromatic ring is 1. The standard InChI is InChI=1S/C15H19N3/c16-15-14(10-17-18-15)13-9-5-4-8-12(13)11-6-2-1-3-7-11/h4-5,8-11H,1-3,6-7H2,(H3,16,17,18). The smallest absolute Gasteiger partial charge is 0.126 e. The number of aromatic nitrogens is 2. The second-order valence-electron chi connectivity index (χ2n) is 5.12. The van der Waals surface area contributed by atoms with Crippen LogP contribution in [0.4, 0.5) is 5.82 Å². The predicted molar refractivity (Wildman–Crippen MR) is 74.3 cm³/mol. The minimum Gasteiger partial charge on any atom is -0.384 e. The Kier molecular flexibility index (Phi) is 3.05. The molecule has 0 aliphatic heterocycles. The minimum absolute atomic E-state index is 0.665. The molecule has 0 spiro atoms. The van der Waals surface area contributed by atoms with Crippen molar-refractivity contribution in [1.82, 2.24) is 10.2 Å². The van der Waals surface area contributed by atoms with E-state index in [-0.39, 0.29) is 0 Å². The van der Waals surface area contributed by atoms with E-state index < -0.39 is 0 Å². The van der Waals surface area contributed by atoms with Gasteiger partial charge in [-0.2, -0.15) is 5.10 Å². The van der Waals surface area contributed by atoms with Gasteiger partial charge in [0.1, 0.15) is 5.82 Å². The molecule has 3 nitrogen and oxygen atoms in total. The van der Waals surface area contributed by atoms with Crippen LogP contribution >= 0.6 is 0 Å². The molecule has 1 saturated carbocycles. The lowest BCUT2D eigenvalue weighted by Crippen LogP contribution is -2.06. The van der Waals surface area contributed by atoms with Crippen LogP contribution in [0.15, 0.2) is 30.5 Å². The van der Waals surface area contributed by atoms with Gasteiger partial charge in [0.05, 0.1) is 6.20 Å². The minimum atomic E-state index is 0.665. The third kappa shape index (κ3) is 2.01. The van der Waals surface area contributed by atoms with E-state index in [4.69, 9.17) is 5.73 Å². The largest absolute Gasteiger partial charge is 0.384 e. The average Bonchev–Trinajstić information content (AvgIpc) is 2.86. The summed E-state index contributed by atoms with van der Waals surface area (Å²) in [5.74, 6) is 1.35. The number of H-pyrrole nitrogens is 1. The summed E-state index contributed by atoms with van der Waals surface area (Å²) in [4.78, 5) is 0. The summed E-state index contributed by atoms with van der Waals surface area (Å²) in [6.07, 6.45) is 8.51. The summed E-state index contributed by atoms with van der Waals surface area (Å²) in [6, 6.07) is 8.61. The van der Waals surface area contributed by atoms with Gasteiger partial charge in [0, 0.05) is 5.56 Å². The number of nitrogens with zero attached hydrogens (tertiary/aromatic N) is 1. The van der Waals surface area contributed by atoms with E-state index in [1.807, 2.05) is 6.20 Å². The summed E-state index contributed by atoms with van der Waals surface area (Å²) in [6.45, 7) is 0. The maximum atomic E-state index is 5.95. The number of hydrogen-bond acceptors (Lipinski definition) is 2. The van der Waals surface area contributed by atoms with E-state index in [2.05, 4.69) is 34.5 Å².